The van der Waals surface area contributed by atoms with Crippen LogP contribution in [0.1, 0.15) is 5.56 Å². The number of nitrogens with two attached hydrogens (primary N) is 1. The van der Waals surface area contributed by atoms with Gasteiger partial charge in [0.25, 0.3) is 0 Å². The Morgan fingerprint density at radius 1 is 1.29 bits per heavy atom. The largest absolute Gasteiger partial charge is 0.490 e. The number of carboxylic acids is 1. The number of rotatable bonds is 2. The first kappa shape index (κ1) is 15.7. The molecule has 1 rings (SSSR count). The van der Waals surface area contributed by atoms with E-state index in [2.05, 4.69) is 0 Å². The molecular weight excluding hydrogens is 259 g/mol. The van der Waals surface area contributed by atoms with Crippen molar-refractivity contribution in [2.45, 2.75) is 12.6 Å². The Morgan fingerprint density at radius 3 is 2.00 bits per heavy atom. The average Bonchev–Trinajstić information content (AvgIpc) is 2.21. The Hall–Kier alpha value is -1.27. The van der Waals surface area contributed by atoms with Gasteiger partial charge in [-0.15, -0.1) is 0 Å². The molecule has 7 heteroatoms. The van der Waals surface area contributed by atoms with E-state index in [4.69, 9.17) is 27.2 Å². The third kappa shape index (κ3) is 7.59. The summed E-state index contributed by atoms with van der Waals surface area (Å²) < 4.78 is 31.7. The van der Waals surface area contributed by atoms with Crippen molar-refractivity contribution in [2.24, 2.45) is 5.73 Å². The predicted octanol–water partition coefficient (Wildman–Crippen LogP) is 2.47. The minimum Gasteiger partial charge on any atom is -0.475 e. The van der Waals surface area contributed by atoms with E-state index >= 15 is 0 Å². The van der Waals surface area contributed by atoms with E-state index in [1.807, 2.05) is 24.3 Å². The van der Waals surface area contributed by atoms with E-state index in [0.717, 1.165) is 11.4 Å². The number of hydrogen-bond donors (Lipinski definition) is 2. The first-order chi connectivity index (χ1) is 7.77. The Labute approximate surface area is 101 Å². The molecule has 0 aromatic heterocycles. The fourth-order valence-corrected chi connectivity index (χ4v) is 0.944. The van der Waals surface area contributed by atoms with E-state index < -0.39 is 12.1 Å². The van der Waals surface area contributed by atoms with Crippen LogP contribution in [-0.4, -0.2) is 23.8 Å². The highest BCUT2D eigenvalue weighted by atomic mass is 35.5. The summed E-state index contributed by atoms with van der Waals surface area (Å²) in [6.07, 6.45) is -4.16. The van der Waals surface area contributed by atoms with Gasteiger partial charge in [0.05, 0.1) is 0 Å². The summed E-state index contributed by atoms with van der Waals surface area (Å²) in [7, 11) is 0. The van der Waals surface area contributed by atoms with Crippen LogP contribution < -0.4 is 5.73 Å². The molecule has 3 N–H and O–H groups in total. The zero-order chi connectivity index (χ0) is 13.5. The summed E-state index contributed by atoms with van der Waals surface area (Å²) in [5.74, 6) is -2.76. The maximum absolute atomic E-state index is 10.6. The molecule has 1 aromatic rings. The van der Waals surface area contributed by atoms with Gasteiger partial charge in [-0.25, -0.2) is 4.79 Å². The highest BCUT2D eigenvalue weighted by Crippen LogP contribution is 2.13. The van der Waals surface area contributed by atoms with Crippen molar-refractivity contribution in [3.8, 4) is 0 Å². The zero-order valence-corrected chi connectivity index (χ0v) is 9.42. The molecule has 1 aromatic carbocycles. The summed E-state index contributed by atoms with van der Waals surface area (Å²) in [4.78, 5) is 8.90. The minimum absolute atomic E-state index is 0.696. The number of carboxylic acid groups (broad SMARTS) is 1. The van der Waals surface area contributed by atoms with Crippen LogP contribution in [0.4, 0.5) is 13.2 Å². The smallest absolute Gasteiger partial charge is 0.475 e. The summed E-state index contributed by atoms with van der Waals surface area (Å²) in [6.45, 7) is 0.696. The number of aliphatic carboxylic acids is 1. The monoisotopic (exact) mass is 269 g/mol. The quantitative estimate of drug-likeness (QED) is 0.867. The highest BCUT2D eigenvalue weighted by molar-refractivity contribution is 6.30. The Bertz CT molecular complexity index is 352. The van der Waals surface area contributed by atoms with Gasteiger partial charge >= 0.3 is 12.1 Å². The van der Waals surface area contributed by atoms with Crippen LogP contribution in [0.15, 0.2) is 24.3 Å². The van der Waals surface area contributed by atoms with Crippen LogP contribution in [0.25, 0.3) is 0 Å². The van der Waals surface area contributed by atoms with Crippen molar-refractivity contribution < 1.29 is 23.1 Å². The van der Waals surface area contributed by atoms with Crippen molar-refractivity contribution in [1.29, 1.82) is 0 Å². The second-order valence-electron chi connectivity index (χ2n) is 2.97. The molecule has 0 aliphatic heterocycles. The Morgan fingerprint density at radius 2 is 1.71 bits per heavy atom. The number of carbonyl (C=O) groups is 1. The van der Waals surface area contributed by atoms with Gasteiger partial charge in [0.15, 0.2) is 0 Å². The van der Waals surface area contributed by atoms with Gasteiger partial charge in [-0.3, -0.25) is 0 Å². The first-order valence-corrected chi connectivity index (χ1v) is 4.89. The minimum atomic E-state index is -5.08. The van der Waals surface area contributed by atoms with E-state index in [0.29, 0.717) is 6.54 Å². The van der Waals surface area contributed by atoms with Crippen molar-refractivity contribution >= 4 is 17.6 Å². The summed E-state index contributed by atoms with van der Waals surface area (Å²) in [5.41, 5.74) is 6.61. The third-order valence-electron chi connectivity index (χ3n) is 1.59. The van der Waals surface area contributed by atoms with Gasteiger partial charge in [0, 0.05) is 5.02 Å². The first-order valence-electron chi connectivity index (χ1n) is 4.52. The standard InChI is InChI=1S/C8H10ClN.C2HF3O2/c9-8-3-1-7(2-4-8)5-6-10;3-2(4,5)1(6)7/h1-4H,5-6,10H2;(H,6,7). The van der Waals surface area contributed by atoms with Gasteiger partial charge in [-0.2, -0.15) is 13.2 Å². The summed E-state index contributed by atoms with van der Waals surface area (Å²) in [5, 5.41) is 7.90. The number of benzene rings is 1. The molecule has 0 saturated carbocycles. The van der Waals surface area contributed by atoms with Crippen LogP contribution >= 0.6 is 11.6 Å². The molecule has 0 fully saturated rings. The topological polar surface area (TPSA) is 63.3 Å². The van der Waals surface area contributed by atoms with E-state index in [-0.39, 0.29) is 0 Å². The van der Waals surface area contributed by atoms with Crippen molar-refractivity contribution in [3.63, 3.8) is 0 Å². The maximum atomic E-state index is 10.6. The van der Waals surface area contributed by atoms with Crippen LogP contribution in [0, 0.1) is 0 Å². The SMILES string of the molecule is NCCc1ccc(Cl)cc1.O=C(O)C(F)(F)F. The molecule has 0 heterocycles. The lowest BCUT2D eigenvalue weighted by Crippen LogP contribution is -2.21. The normalized spacial score (nSPS) is 10.4. The molecule has 0 amide bonds. The molecule has 0 atom stereocenters. The molecule has 0 saturated heterocycles. The van der Waals surface area contributed by atoms with Crippen molar-refractivity contribution in [1.82, 2.24) is 0 Å². The van der Waals surface area contributed by atoms with Gasteiger partial charge in [-0.05, 0) is 30.7 Å². The van der Waals surface area contributed by atoms with E-state index in [1.54, 1.807) is 0 Å². The molecule has 96 valence electrons. The molecular formula is C10H11ClF3NO2. The average molecular weight is 270 g/mol. The van der Waals surface area contributed by atoms with Crippen LogP contribution in [0.2, 0.25) is 5.02 Å². The molecule has 17 heavy (non-hydrogen) atoms. The fourth-order valence-electron chi connectivity index (χ4n) is 0.818. The van der Waals surface area contributed by atoms with E-state index in [9.17, 15) is 13.2 Å². The molecule has 0 spiro atoms. The van der Waals surface area contributed by atoms with Gasteiger partial charge in [0.2, 0.25) is 0 Å². The van der Waals surface area contributed by atoms with Gasteiger partial charge < -0.3 is 10.8 Å². The Balaban J connectivity index is 0.000000325. The lowest BCUT2D eigenvalue weighted by molar-refractivity contribution is -0.192. The highest BCUT2D eigenvalue weighted by Gasteiger charge is 2.38. The number of halogens is 4. The lowest BCUT2D eigenvalue weighted by atomic mass is 10.2. The maximum Gasteiger partial charge on any atom is 0.490 e. The van der Waals surface area contributed by atoms with Gasteiger partial charge in [0.1, 0.15) is 0 Å². The van der Waals surface area contributed by atoms with Crippen LogP contribution in [0.3, 0.4) is 0 Å². The summed E-state index contributed by atoms with van der Waals surface area (Å²) >= 11 is 5.68. The lowest BCUT2D eigenvalue weighted by Gasteiger charge is -1.96. The van der Waals surface area contributed by atoms with Gasteiger partial charge in [-0.1, -0.05) is 23.7 Å². The van der Waals surface area contributed by atoms with Crippen molar-refractivity contribution in [3.05, 3.63) is 34.9 Å². The molecule has 0 bridgehead atoms. The van der Waals surface area contributed by atoms with Crippen molar-refractivity contribution in [2.75, 3.05) is 6.54 Å². The molecule has 0 aliphatic rings. The van der Waals surface area contributed by atoms with Crippen LogP contribution in [-0.2, 0) is 11.2 Å². The number of alkyl halides is 3. The molecule has 3 nitrogen and oxygen atoms in total. The fraction of sp³-hybridized carbons (Fsp3) is 0.300. The second-order valence-corrected chi connectivity index (χ2v) is 3.40. The molecule has 0 aliphatic carbocycles. The van der Waals surface area contributed by atoms with Crippen LogP contribution in [0.5, 0.6) is 0 Å². The third-order valence-corrected chi connectivity index (χ3v) is 1.84. The predicted molar refractivity (Wildman–Crippen MR) is 57.9 cm³/mol. The number of hydrogen-bond acceptors (Lipinski definition) is 2. The molecule has 0 radical (unpaired) electrons. The second kappa shape index (κ2) is 7.13. The summed E-state index contributed by atoms with van der Waals surface area (Å²) in [6, 6.07) is 7.75. The Kier molecular flexibility index (Phi) is 6.60. The van der Waals surface area contributed by atoms with E-state index in [1.165, 1.54) is 5.56 Å². The zero-order valence-electron chi connectivity index (χ0n) is 8.67. The molecule has 0 unspecified atom stereocenters.